The van der Waals surface area contributed by atoms with E-state index in [2.05, 4.69) is 34.3 Å². The van der Waals surface area contributed by atoms with Crippen LogP contribution in [0.25, 0.3) is 0 Å². The third-order valence-corrected chi connectivity index (χ3v) is 7.89. The maximum atomic E-state index is 9.82. The highest BCUT2D eigenvalue weighted by molar-refractivity contribution is 6.73. The maximum Gasteiger partial charge on any atom is 0.243 e. The topological polar surface area (TPSA) is 52.3 Å². The van der Waals surface area contributed by atoms with Crippen LogP contribution in [0.2, 0.25) is 18.1 Å². The molecular formula is C14H31NO2Si. The Labute approximate surface area is 114 Å². The molecule has 0 radical (unpaired) electrons. The summed E-state index contributed by atoms with van der Waals surface area (Å²) >= 11 is 0. The Morgan fingerprint density at radius 1 is 1.22 bits per heavy atom. The summed E-state index contributed by atoms with van der Waals surface area (Å²) in [6, 6.07) is 3.94. The van der Waals surface area contributed by atoms with Gasteiger partial charge in [0.2, 0.25) is 5.91 Å². The van der Waals surface area contributed by atoms with E-state index in [-0.39, 0.29) is 0 Å². The van der Waals surface area contributed by atoms with Crippen LogP contribution < -0.4 is 5.73 Å². The van der Waals surface area contributed by atoms with Crippen molar-refractivity contribution in [1.29, 1.82) is 0 Å². The van der Waals surface area contributed by atoms with Crippen LogP contribution in [0, 0.1) is 0 Å². The number of nitrogens with two attached hydrogens (primary N) is 1. The molecule has 0 saturated carbocycles. The van der Waals surface area contributed by atoms with Crippen molar-refractivity contribution in [2.75, 3.05) is 6.61 Å². The summed E-state index contributed by atoms with van der Waals surface area (Å²) in [6.07, 6.45) is 2.66. The molecule has 0 aliphatic carbocycles. The molecule has 3 nitrogen and oxygen atoms in total. The first-order valence-electron chi connectivity index (χ1n) is 6.98. The lowest BCUT2D eigenvalue weighted by Crippen LogP contribution is -2.36. The molecule has 0 saturated heterocycles. The SMILES string of the molecule is C=C(C)C(N)=O.CCCC[Si](CC)(CC)OCC. The molecule has 18 heavy (non-hydrogen) atoms. The minimum absolute atomic E-state index is 0.398. The molecule has 0 aromatic heterocycles. The number of rotatable bonds is 8. The zero-order chi connectivity index (χ0) is 14.6. The van der Waals surface area contributed by atoms with E-state index in [0.717, 1.165) is 6.61 Å². The van der Waals surface area contributed by atoms with Crippen LogP contribution in [-0.4, -0.2) is 20.8 Å². The normalized spacial score (nSPS) is 10.5. The predicted molar refractivity (Wildman–Crippen MR) is 82.1 cm³/mol. The maximum absolute atomic E-state index is 9.82. The Hall–Kier alpha value is -0.613. The van der Waals surface area contributed by atoms with Gasteiger partial charge in [-0.3, -0.25) is 4.79 Å². The van der Waals surface area contributed by atoms with E-state index in [4.69, 9.17) is 10.2 Å². The van der Waals surface area contributed by atoms with Crippen LogP contribution in [0.15, 0.2) is 12.2 Å². The molecule has 1 amide bonds. The van der Waals surface area contributed by atoms with Gasteiger partial charge in [-0.25, -0.2) is 0 Å². The van der Waals surface area contributed by atoms with Gasteiger partial charge in [0, 0.05) is 12.2 Å². The van der Waals surface area contributed by atoms with Crippen LogP contribution in [0.1, 0.15) is 47.5 Å². The van der Waals surface area contributed by atoms with Gasteiger partial charge in [0.05, 0.1) is 0 Å². The lowest BCUT2D eigenvalue weighted by Gasteiger charge is -2.28. The molecular weight excluding hydrogens is 242 g/mol. The third-order valence-electron chi connectivity index (χ3n) is 3.15. The Bertz CT molecular complexity index is 226. The molecule has 0 heterocycles. The number of carbonyl (C=O) groups excluding carboxylic acids is 1. The lowest BCUT2D eigenvalue weighted by molar-refractivity contribution is -0.114. The zero-order valence-electron chi connectivity index (χ0n) is 12.8. The fourth-order valence-electron chi connectivity index (χ4n) is 1.68. The van der Waals surface area contributed by atoms with E-state index in [1.807, 2.05) is 0 Å². The van der Waals surface area contributed by atoms with Gasteiger partial charge in [-0.2, -0.15) is 0 Å². The van der Waals surface area contributed by atoms with Gasteiger partial charge in [0.1, 0.15) is 0 Å². The van der Waals surface area contributed by atoms with Gasteiger partial charge < -0.3 is 10.2 Å². The molecule has 0 aliphatic heterocycles. The van der Waals surface area contributed by atoms with Crippen molar-refractivity contribution >= 4 is 14.2 Å². The molecule has 0 bridgehead atoms. The molecule has 0 spiro atoms. The second kappa shape index (κ2) is 11.5. The first kappa shape index (κ1) is 19.7. The predicted octanol–water partition coefficient (Wildman–Crippen LogP) is 3.86. The quantitative estimate of drug-likeness (QED) is 0.539. The van der Waals surface area contributed by atoms with Crippen molar-refractivity contribution in [2.45, 2.75) is 65.6 Å². The first-order valence-corrected chi connectivity index (χ1v) is 9.51. The second-order valence-corrected chi connectivity index (χ2v) is 9.14. The van der Waals surface area contributed by atoms with Crippen molar-refractivity contribution in [3.05, 3.63) is 12.2 Å². The number of hydrogen-bond acceptors (Lipinski definition) is 2. The summed E-state index contributed by atoms with van der Waals surface area (Å²) in [5, 5.41) is 0. The second-order valence-electron chi connectivity index (χ2n) is 4.57. The van der Waals surface area contributed by atoms with E-state index in [9.17, 15) is 4.79 Å². The average molecular weight is 273 g/mol. The lowest BCUT2D eigenvalue weighted by atomic mass is 10.3. The molecule has 0 aliphatic rings. The van der Waals surface area contributed by atoms with Crippen LogP contribution in [0.4, 0.5) is 0 Å². The Balaban J connectivity index is 0. The van der Waals surface area contributed by atoms with Gasteiger partial charge in [-0.1, -0.05) is 40.2 Å². The zero-order valence-corrected chi connectivity index (χ0v) is 13.8. The minimum atomic E-state index is -1.26. The summed E-state index contributed by atoms with van der Waals surface area (Å²) in [5.74, 6) is -0.435. The average Bonchev–Trinajstić information content (AvgIpc) is 2.35. The van der Waals surface area contributed by atoms with Crippen LogP contribution in [0.3, 0.4) is 0 Å². The van der Waals surface area contributed by atoms with Crippen molar-refractivity contribution in [1.82, 2.24) is 0 Å². The Morgan fingerprint density at radius 2 is 1.67 bits per heavy atom. The summed E-state index contributed by atoms with van der Waals surface area (Å²) in [7, 11) is -1.26. The molecule has 0 aromatic rings. The smallest absolute Gasteiger partial charge is 0.243 e. The summed E-state index contributed by atoms with van der Waals surface area (Å²) in [4.78, 5) is 9.82. The van der Waals surface area contributed by atoms with Crippen molar-refractivity contribution in [3.8, 4) is 0 Å². The van der Waals surface area contributed by atoms with Gasteiger partial charge >= 0.3 is 0 Å². The molecule has 2 N–H and O–H groups in total. The van der Waals surface area contributed by atoms with Gasteiger partial charge in [-0.05, 0) is 32.0 Å². The standard InChI is InChI=1S/C10H24OSi.C4H7NO/c1-5-9-10-12(7-3,8-4)11-6-2;1-3(2)4(5)6/h5-10H2,1-4H3;1H2,2H3,(H2,5,6). The summed E-state index contributed by atoms with van der Waals surface area (Å²) in [6.45, 7) is 14.7. The van der Waals surface area contributed by atoms with Crippen molar-refractivity contribution in [2.24, 2.45) is 5.73 Å². The highest BCUT2D eigenvalue weighted by Crippen LogP contribution is 2.24. The Morgan fingerprint density at radius 3 is 1.89 bits per heavy atom. The molecule has 4 heteroatoms. The van der Waals surface area contributed by atoms with E-state index in [1.54, 1.807) is 6.92 Å². The number of primary amides is 1. The van der Waals surface area contributed by atoms with Crippen molar-refractivity contribution < 1.29 is 9.22 Å². The monoisotopic (exact) mass is 273 g/mol. The first-order chi connectivity index (χ1) is 8.39. The van der Waals surface area contributed by atoms with Crippen LogP contribution >= 0.6 is 0 Å². The van der Waals surface area contributed by atoms with Gasteiger partial charge in [0.15, 0.2) is 8.32 Å². The third kappa shape index (κ3) is 9.42. The van der Waals surface area contributed by atoms with Crippen LogP contribution in [0.5, 0.6) is 0 Å². The largest absolute Gasteiger partial charge is 0.417 e. The molecule has 0 rings (SSSR count). The minimum Gasteiger partial charge on any atom is -0.417 e. The van der Waals surface area contributed by atoms with Crippen LogP contribution in [-0.2, 0) is 9.22 Å². The number of hydrogen-bond donors (Lipinski definition) is 1. The van der Waals surface area contributed by atoms with Gasteiger partial charge in [0.25, 0.3) is 0 Å². The molecule has 0 unspecified atom stereocenters. The highest BCUT2D eigenvalue weighted by Gasteiger charge is 2.29. The van der Waals surface area contributed by atoms with E-state index in [0.29, 0.717) is 5.57 Å². The molecule has 0 aromatic carbocycles. The molecule has 0 atom stereocenters. The van der Waals surface area contributed by atoms with E-state index < -0.39 is 14.2 Å². The number of unbranched alkanes of at least 4 members (excludes halogenated alkanes) is 1. The Kier molecular flexibility index (Phi) is 12.6. The van der Waals surface area contributed by atoms with E-state index >= 15 is 0 Å². The summed E-state index contributed by atoms with van der Waals surface area (Å²) in [5.41, 5.74) is 5.09. The molecule has 0 fully saturated rings. The molecule has 108 valence electrons. The number of carbonyl (C=O) groups is 1. The highest BCUT2D eigenvalue weighted by atomic mass is 28.4. The fraction of sp³-hybridized carbons (Fsp3) is 0.786. The summed E-state index contributed by atoms with van der Waals surface area (Å²) < 4.78 is 5.97. The van der Waals surface area contributed by atoms with Gasteiger partial charge in [-0.15, -0.1) is 0 Å². The van der Waals surface area contributed by atoms with E-state index in [1.165, 1.54) is 31.0 Å². The fourth-order valence-corrected chi connectivity index (χ4v) is 5.05. The number of amides is 1. The van der Waals surface area contributed by atoms with Crippen molar-refractivity contribution in [3.63, 3.8) is 0 Å².